The van der Waals surface area contributed by atoms with Crippen molar-refractivity contribution in [2.45, 2.75) is 19.4 Å². The minimum absolute atomic E-state index is 0.117. The van der Waals surface area contributed by atoms with Crippen molar-refractivity contribution in [1.82, 2.24) is 0 Å². The molecule has 1 aromatic rings. The summed E-state index contributed by atoms with van der Waals surface area (Å²) in [6.45, 7) is 3.03. The molecule has 0 heterocycles. The molecule has 0 bridgehead atoms. The molecule has 0 fully saturated rings. The van der Waals surface area contributed by atoms with Crippen molar-refractivity contribution in [3.05, 3.63) is 42.0 Å². The van der Waals surface area contributed by atoms with Gasteiger partial charge in [0, 0.05) is 5.57 Å². The van der Waals surface area contributed by atoms with Crippen LogP contribution < -0.4 is 4.74 Å². The van der Waals surface area contributed by atoms with Gasteiger partial charge in [0.2, 0.25) is 0 Å². The Bertz CT molecular complexity index is 712. The number of aliphatic hydroxyl groups is 1. The molecule has 0 saturated carbocycles. The van der Waals surface area contributed by atoms with Crippen molar-refractivity contribution in [2.75, 3.05) is 19.8 Å². The Hall–Kier alpha value is -3.08. The fourth-order valence-electron chi connectivity index (χ4n) is 1.57. The van der Waals surface area contributed by atoms with Crippen LogP contribution in [0.15, 0.2) is 36.4 Å². The van der Waals surface area contributed by atoms with E-state index in [1.165, 1.54) is 6.92 Å². The van der Waals surface area contributed by atoms with Crippen LogP contribution >= 0.6 is 0 Å². The number of hydrogen-bond acceptors (Lipinski definition) is 8. The summed E-state index contributed by atoms with van der Waals surface area (Å²) < 4.78 is 53.7. The van der Waals surface area contributed by atoms with Crippen molar-refractivity contribution in [3.8, 4) is 5.75 Å². The summed E-state index contributed by atoms with van der Waals surface area (Å²) in [7, 11) is 0. The van der Waals surface area contributed by atoms with Crippen LogP contribution in [0.25, 0.3) is 0 Å². The van der Waals surface area contributed by atoms with Gasteiger partial charge in [-0.05, 0) is 31.2 Å². The van der Waals surface area contributed by atoms with Gasteiger partial charge in [0.05, 0.1) is 5.56 Å². The van der Waals surface area contributed by atoms with Crippen molar-refractivity contribution in [1.29, 1.82) is 0 Å². The standard InChI is InChI=1S/C17H17F3O8/c1-10(2)15(23)26-8-12(21)7-25-14(22)9-27-16(24)11-3-5-13(6-4-11)28-17(18,19)20/h3-6,12,21H,1,7-9H2,2H3. The first-order chi connectivity index (χ1) is 13.0. The zero-order valence-electron chi connectivity index (χ0n) is 14.7. The van der Waals surface area contributed by atoms with Crippen molar-refractivity contribution < 1.29 is 51.6 Å². The van der Waals surface area contributed by atoms with Crippen LogP contribution in [0.1, 0.15) is 17.3 Å². The monoisotopic (exact) mass is 406 g/mol. The van der Waals surface area contributed by atoms with Gasteiger partial charge in [0.1, 0.15) is 25.1 Å². The number of aliphatic hydroxyl groups excluding tert-OH is 1. The van der Waals surface area contributed by atoms with Gasteiger partial charge in [0.25, 0.3) is 0 Å². The first kappa shape index (κ1) is 23.0. The molecule has 28 heavy (non-hydrogen) atoms. The molecule has 0 aliphatic rings. The topological polar surface area (TPSA) is 108 Å². The van der Waals surface area contributed by atoms with Crippen LogP contribution in [-0.2, 0) is 23.8 Å². The van der Waals surface area contributed by atoms with Crippen molar-refractivity contribution >= 4 is 17.9 Å². The van der Waals surface area contributed by atoms with Gasteiger partial charge in [-0.15, -0.1) is 13.2 Å². The maximum Gasteiger partial charge on any atom is 0.573 e. The van der Waals surface area contributed by atoms with E-state index in [4.69, 9.17) is 0 Å². The molecule has 11 heteroatoms. The highest BCUT2D eigenvalue weighted by atomic mass is 19.4. The Labute approximate surface area is 157 Å². The predicted molar refractivity (Wildman–Crippen MR) is 86.1 cm³/mol. The van der Waals surface area contributed by atoms with Crippen molar-refractivity contribution in [2.24, 2.45) is 0 Å². The number of carbonyl (C=O) groups excluding carboxylic acids is 3. The fraction of sp³-hybridized carbons (Fsp3) is 0.353. The molecule has 0 aromatic heterocycles. The van der Waals surface area contributed by atoms with Crippen LogP contribution in [0, 0.1) is 0 Å². The van der Waals surface area contributed by atoms with E-state index in [1.807, 2.05) is 0 Å². The highest BCUT2D eigenvalue weighted by Gasteiger charge is 2.31. The number of ether oxygens (including phenoxy) is 4. The lowest BCUT2D eigenvalue weighted by molar-refractivity contribution is -0.274. The number of benzene rings is 1. The summed E-state index contributed by atoms with van der Waals surface area (Å²) in [4.78, 5) is 34.3. The third-order valence-corrected chi connectivity index (χ3v) is 2.84. The Balaban J connectivity index is 2.35. The third-order valence-electron chi connectivity index (χ3n) is 2.84. The van der Waals surface area contributed by atoms with E-state index in [1.54, 1.807) is 0 Å². The quantitative estimate of drug-likeness (QED) is 0.376. The van der Waals surface area contributed by atoms with Gasteiger partial charge in [-0.25, -0.2) is 14.4 Å². The summed E-state index contributed by atoms with van der Waals surface area (Å²) in [5.41, 5.74) is 0.0168. The Kier molecular flexibility index (Phi) is 8.45. The first-order valence-electron chi connectivity index (χ1n) is 7.67. The van der Waals surface area contributed by atoms with E-state index in [0.717, 1.165) is 24.3 Å². The molecule has 0 spiro atoms. The molecule has 1 aromatic carbocycles. The zero-order chi connectivity index (χ0) is 21.3. The Morgan fingerprint density at radius 2 is 1.64 bits per heavy atom. The van der Waals surface area contributed by atoms with Gasteiger partial charge >= 0.3 is 24.3 Å². The molecule has 0 aliphatic carbocycles. The molecule has 0 saturated heterocycles. The van der Waals surface area contributed by atoms with Crippen LogP contribution in [0.4, 0.5) is 13.2 Å². The van der Waals surface area contributed by atoms with E-state index >= 15 is 0 Å². The minimum Gasteiger partial charge on any atom is -0.460 e. The molecule has 154 valence electrons. The lowest BCUT2D eigenvalue weighted by Gasteiger charge is -2.12. The van der Waals surface area contributed by atoms with Gasteiger partial charge in [0.15, 0.2) is 6.61 Å². The third kappa shape index (κ3) is 9.03. The normalized spacial score (nSPS) is 11.9. The molecule has 0 aliphatic heterocycles. The van der Waals surface area contributed by atoms with Gasteiger partial charge < -0.3 is 24.1 Å². The molecule has 0 radical (unpaired) electrons. The molecule has 8 nitrogen and oxygen atoms in total. The highest BCUT2D eigenvalue weighted by Crippen LogP contribution is 2.22. The molecular weight excluding hydrogens is 389 g/mol. The molecular formula is C17H17F3O8. The lowest BCUT2D eigenvalue weighted by atomic mass is 10.2. The fourth-order valence-corrected chi connectivity index (χ4v) is 1.57. The number of rotatable bonds is 9. The summed E-state index contributed by atoms with van der Waals surface area (Å²) in [5, 5.41) is 9.51. The van der Waals surface area contributed by atoms with E-state index in [-0.39, 0.29) is 11.1 Å². The van der Waals surface area contributed by atoms with Crippen molar-refractivity contribution in [3.63, 3.8) is 0 Å². The largest absolute Gasteiger partial charge is 0.573 e. The summed E-state index contributed by atoms with van der Waals surface area (Å²) in [6, 6.07) is 3.86. The molecule has 1 atom stereocenters. The Morgan fingerprint density at radius 1 is 1.07 bits per heavy atom. The SMILES string of the molecule is C=C(C)C(=O)OCC(O)COC(=O)COC(=O)c1ccc(OC(F)(F)F)cc1. The number of carbonyl (C=O) groups is 3. The summed E-state index contributed by atoms with van der Waals surface area (Å²) in [6.07, 6.45) is -6.15. The predicted octanol–water partition coefficient (Wildman–Crippen LogP) is 1.77. The highest BCUT2D eigenvalue weighted by molar-refractivity contribution is 5.90. The van der Waals surface area contributed by atoms with Crippen LogP contribution in [0.5, 0.6) is 5.75 Å². The number of halogens is 3. The average molecular weight is 406 g/mol. The second-order valence-corrected chi connectivity index (χ2v) is 5.36. The number of alkyl halides is 3. The Morgan fingerprint density at radius 3 is 2.18 bits per heavy atom. The van der Waals surface area contributed by atoms with E-state index in [0.29, 0.717) is 0 Å². The second kappa shape index (κ2) is 10.3. The van der Waals surface area contributed by atoms with E-state index in [9.17, 15) is 32.7 Å². The molecule has 0 amide bonds. The maximum absolute atomic E-state index is 12.1. The molecule has 1 unspecified atom stereocenters. The van der Waals surface area contributed by atoms with Gasteiger partial charge in [-0.1, -0.05) is 6.58 Å². The maximum atomic E-state index is 12.1. The average Bonchev–Trinajstić information content (AvgIpc) is 2.61. The second-order valence-electron chi connectivity index (χ2n) is 5.36. The molecule has 1 N–H and O–H groups in total. The summed E-state index contributed by atoms with van der Waals surface area (Å²) >= 11 is 0. The first-order valence-corrected chi connectivity index (χ1v) is 7.67. The lowest BCUT2D eigenvalue weighted by Crippen LogP contribution is -2.27. The van der Waals surface area contributed by atoms with E-state index in [2.05, 4.69) is 25.5 Å². The van der Waals surface area contributed by atoms with Crippen LogP contribution in [0.3, 0.4) is 0 Å². The summed E-state index contributed by atoms with van der Waals surface area (Å²) in [5.74, 6) is -3.21. The van der Waals surface area contributed by atoms with Gasteiger partial charge in [-0.2, -0.15) is 0 Å². The van der Waals surface area contributed by atoms with Gasteiger partial charge in [-0.3, -0.25) is 0 Å². The zero-order valence-corrected chi connectivity index (χ0v) is 14.7. The number of esters is 3. The van der Waals surface area contributed by atoms with Crippen LogP contribution in [0.2, 0.25) is 0 Å². The number of hydrogen-bond donors (Lipinski definition) is 1. The molecule has 1 rings (SSSR count). The van der Waals surface area contributed by atoms with E-state index < -0.39 is 55.9 Å². The van der Waals surface area contributed by atoms with Crippen LogP contribution in [-0.4, -0.2) is 55.3 Å². The minimum atomic E-state index is -4.86. The smallest absolute Gasteiger partial charge is 0.460 e.